The molecule has 0 amide bonds. The molecule has 0 unspecified atom stereocenters. The average Bonchev–Trinajstić information content (AvgIpc) is 2.78. The number of hydrogen-bond acceptors (Lipinski definition) is 5. The maximum Gasteiger partial charge on any atom is 0.307 e. The summed E-state index contributed by atoms with van der Waals surface area (Å²) in [4.78, 5) is 16.8. The van der Waals surface area contributed by atoms with Gasteiger partial charge >= 0.3 is 5.97 Å². The molecule has 0 spiro atoms. The summed E-state index contributed by atoms with van der Waals surface area (Å²) >= 11 is 0. The van der Waals surface area contributed by atoms with Crippen LogP contribution in [0.4, 0.5) is 5.69 Å². The summed E-state index contributed by atoms with van der Waals surface area (Å²) in [5.41, 5.74) is 11.5. The van der Waals surface area contributed by atoms with Gasteiger partial charge in [-0.3, -0.25) is 9.78 Å². The minimum atomic E-state index is -0.920. The van der Waals surface area contributed by atoms with Gasteiger partial charge in [-0.25, -0.2) is 0 Å². The first-order chi connectivity index (χ1) is 16.2. The van der Waals surface area contributed by atoms with Crippen LogP contribution in [0.5, 0.6) is 11.5 Å². The minimum absolute atomic E-state index is 0.162. The molecule has 1 aliphatic rings. The molecule has 1 aromatic heterocycles. The fourth-order valence-electron chi connectivity index (χ4n) is 4.90. The number of aromatic nitrogens is 1. The van der Waals surface area contributed by atoms with Crippen molar-refractivity contribution in [1.82, 2.24) is 4.98 Å². The molecule has 0 radical (unpaired) electrons. The summed E-state index contributed by atoms with van der Waals surface area (Å²) in [5, 5.41) is 12.5. The summed E-state index contributed by atoms with van der Waals surface area (Å²) < 4.78 is 12.5. The highest BCUT2D eigenvalue weighted by Crippen LogP contribution is 2.49. The molecular formula is C28H28N2O4. The van der Waals surface area contributed by atoms with Crippen LogP contribution in [0, 0.1) is 6.92 Å². The van der Waals surface area contributed by atoms with Crippen LogP contribution >= 0.6 is 0 Å². The molecule has 0 bridgehead atoms. The van der Waals surface area contributed by atoms with Crippen LogP contribution in [0.1, 0.15) is 37.5 Å². The van der Waals surface area contributed by atoms with Crippen LogP contribution in [-0.2, 0) is 17.6 Å². The molecule has 6 nitrogen and oxygen atoms in total. The number of pyridine rings is 1. The third-order valence-electron chi connectivity index (χ3n) is 6.30. The largest absolute Gasteiger partial charge is 0.492 e. The molecule has 0 saturated heterocycles. The zero-order chi connectivity index (χ0) is 24.2. The van der Waals surface area contributed by atoms with Gasteiger partial charge in [0.05, 0.1) is 24.1 Å². The highest BCUT2D eigenvalue weighted by Gasteiger charge is 2.28. The molecule has 34 heavy (non-hydrogen) atoms. The van der Waals surface area contributed by atoms with Crippen molar-refractivity contribution in [3.8, 4) is 22.6 Å². The molecule has 0 atom stereocenters. The van der Waals surface area contributed by atoms with Crippen LogP contribution in [0.3, 0.4) is 0 Å². The van der Waals surface area contributed by atoms with Gasteiger partial charge in [0.2, 0.25) is 0 Å². The SMILES string of the molecule is Cc1c(CC(=O)O)c(-c2c(OC(C)(C)C)cc3c4c(ccnc24)CCO3)c2ccccc2c1N. The smallest absolute Gasteiger partial charge is 0.307 e. The van der Waals surface area contributed by atoms with Gasteiger partial charge in [0.15, 0.2) is 0 Å². The van der Waals surface area contributed by atoms with Gasteiger partial charge in [0.1, 0.15) is 17.1 Å². The number of carboxylic acids is 1. The van der Waals surface area contributed by atoms with Crippen LogP contribution < -0.4 is 15.2 Å². The van der Waals surface area contributed by atoms with Gasteiger partial charge in [0.25, 0.3) is 0 Å². The Morgan fingerprint density at radius 1 is 1.18 bits per heavy atom. The number of fused-ring (bicyclic) bond motifs is 1. The van der Waals surface area contributed by atoms with Gasteiger partial charge in [-0.15, -0.1) is 0 Å². The van der Waals surface area contributed by atoms with Gasteiger partial charge < -0.3 is 20.3 Å². The second-order valence-corrected chi connectivity index (χ2v) is 9.76. The molecule has 5 rings (SSSR count). The van der Waals surface area contributed by atoms with Crippen LogP contribution in [-0.4, -0.2) is 28.3 Å². The van der Waals surface area contributed by atoms with Crippen LogP contribution in [0.15, 0.2) is 42.6 Å². The van der Waals surface area contributed by atoms with E-state index in [1.54, 1.807) is 6.20 Å². The lowest BCUT2D eigenvalue weighted by molar-refractivity contribution is -0.136. The number of benzene rings is 3. The first-order valence-corrected chi connectivity index (χ1v) is 11.4. The maximum atomic E-state index is 12.0. The monoisotopic (exact) mass is 456 g/mol. The van der Waals surface area contributed by atoms with E-state index in [0.29, 0.717) is 23.6 Å². The first-order valence-electron chi connectivity index (χ1n) is 11.4. The lowest BCUT2D eigenvalue weighted by Crippen LogP contribution is -2.24. The predicted molar refractivity (Wildman–Crippen MR) is 135 cm³/mol. The Bertz CT molecular complexity index is 1470. The fraction of sp³-hybridized carbons (Fsp3) is 0.286. The number of aliphatic carboxylic acids is 1. The van der Waals surface area contributed by atoms with Gasteiger partial charge in [0, 0.05) is 35.1 Å². The van der Waals surface area contributed by atoms with E-state index in [0.717, 1.165) is 56.1 Å². The Hall–Kier alpha value is -3.80. The number of carbonyl (C=O) groups is 1. The highest BCUT2D eigenvalue weighted by atomic mass is 16.5. The van der Waals surface area contributed by atoms with E-state index < -0.39 is 11.6 Å². The van der Waals surface area contributed by atoms with Crippen molar-refractivity contribution in [2.24, 2.45) is 0 Å². The second kappa shape index (κ2) is 7.90. The van der Waals surface area contributed by atoms with E-state index in [2.05, 4.69) is 0 Å². The molecule has 0 aliphatic carbocycles. The molecule has 174 valence electrons. The van der Waals surface area contributed by atoms with Crippen molar-refractivity contribution in [1.29, 1.82) is 0 Å². The summed E-state index contributed by atoms with van der Waals surface area (Å²) in [6.07, 6.45) is 2.43. The van der Waals surface area contributed by atoms with E-state index in [4.69, 9.17) is 20.2 Å². The summed E-state index contributed by atoms with van der Waals surface area (Å²) in [5.74, 6) is 0.433. The topological polar surface area (TPSA) is 94.7 Å². The predicted octanol–water partition coefficient (Wildman–Crippen LogP) is 5.68. The van der Waals surface area contributed by atoms with Crippen molar-refractivity contribution in [2.45, 2.75) is 46.1 Å². The van der Waals surface area contributed by atoms with E-state index in [1.165, 1.54) is 0 Å². The van der Waals surface area contributed by atoms with Gasteiger partial charge in [-0.1, -0.05) is 24.3 Å². The van der Waals surface area contributed by atoms with Crippen molar-refractivity contribution in [2.75, 3.05) is 12.3 Å². The van der Waals surface area contributed by atoms with Crippen molar-refractivity contribution in [3.63, 3.8) is 0 Å². The number of nitrogens with zero attached hydrogens (tertiary/aromatic N) is 1. The lowest BCUT2D eigenvalue weighted by atomic mass is 9.85. The number of carboxylic acid groups (broad SMARTS) is 1. The number of nitrogens with two attached hydrogens (primary N) is 1. The van der Waals surface area contributed by atoms with E-state index in [-0.39, 0.29) is 6.42 Å². The van der Waals surface area contributed by atoms with Crippen LogP contribution in [0.2, 0.25) is 0 Å². The molecule has 6 heteroatoms. The number of hydrogen-bond donors (Lipinski definition) is 2. The number of anilines is 1. The van der Waals surface area contributed by atoms with Crippen molar-refractivity contribution < 1.29 is 19.4 Å². The molecule has 0 fully saturated rings. The molecule has 2 heterocycles. The third kappa shape index (κ3) is 3.59. The summed E-state index contributed by atoms with van der Waals surface area (Å²) in [6.45, 7) is 8.44. The first kappa shape index (κ1) is 22.0. The second-order valence-electron chi connectivity index (χ2n) is 9.76. The zero-order valence-corrected chi connectivity index (χ0v) is 19.9. The maximum absolute atomic E-state index is 12.0. The number of ether oxygens (including phenoxy) is 2. The summed E-state index contributed by atoms with van der Waals surface area (Å²) in [6, 6.07) is 11.8. The molecule has 3 aromatic carbocycles. The van der Waals surface area contributed by atoms with E-state index >= 15 is 0 Å². The Labute approximate surface area is 198 Å². The molecule has 0 saturated carbocycles. The third-order valence-corrected chi connectivity index (χ3v) is 6.30. The van der Waals surface area contributed by atoms with E-state index in [9.17, 15) is 9.90 Å². The molecule has 3 N–H and O–H groups in total. The van der Waals surface area contributed by atoms with Crippen LogP contribution in [0.25, 0.3) is 32.8 Å². The molecule has 1 aliphatic heterocycles. The Balaban J connectivity index is 2.00. The standard InChI is InChI=1S/C28H28N2O4/c1-15-19(13-22(31)32)24(17-7-5-6-8-18(17)26(15)29)25-21(34-28(2,3)4)14-20-23-16(10-12-33-20)9-11-30-27(23)25/h5-9,11,14H,10,12-13,29H2,1-4H3,(H,31,32). The quantitative estimate of drug-likeness (QED) is 0.383. The van der Waals surface area contributed by atoms with Gasteiger partial charge in [-0.2, -0.15) is 0 Å². The number of nitrogen functional groups attached to an aromatic ring is 1. The molecule has 4 aromatic rings. The van der Waals surface area contributed by atoms with Gasteiger partial charge in [-0.05, 0) is 61.4 Å². The normalized spacial score (nSPS) is 13.2. The molecular weight excluding hydrogens is 428 g/mol. The highest BCUT2D eigenvalue weighted by molar-refractivity contribution is 6.13. The number of rotatable bonds is 4. The Morgan fingerprint density at radius 2 is 1.91 bits per heavy atom. The van der Waals surface area contributed by atoms with E-state index in [1.807, 2.05) is 64.1 Å². The fourth-order valence-corrected chi connectivity index (χ4v) is 4.90. The lowest BCUT2D eigenvalue weighted by Gasteiger charge is -2.28. The minimum Gasteiger partial charge on any atom is -0.492 e. The van der Waals surface area contributed by atoms with Crippen molar-refractivity contribution >= 4 is 33.3 Å². The average molecular weight is 457 g/mol. The Morgan fingerprint density at radius 3 is 2.62 bits per heavy atom. The zero-order valence-electron chi connectivity index (χ0n) is 19.9. The van der Waals surface area contributed by atoms with Crippen molar-refractivity contribution in [3.05, 3.63) is 59.3 Å². The Kier molecular flexibility index (Phi) is 5.12. The summed E-state index contributed by atoms with van der Waals surface area (Å²) in [7, 11) is 0.